The minimum absolute atomic E-state index is 0.0362. The molecule has 0 bridgehead atoms. The third-order valence-electron chi connectivity index (χ3n) is 4.45. The Labute approximate surface area is 167 Å². The van der Waals surface area contributed by atoms with E-state index in [0.717, 1.165) is 21.9 Å². The van der Waals surface area contributed by atoms with Crippen LogP contribution in [0.15, 0.2) is 66.3 Å². The van der Waals surface area contributed by atoms with Gasteiger partial charge >= 0.3 is 0 Å². The second-order valence-electron chi connectivity index (χ2n) is 6.86. The Balaban J connectivity index is 1.38. The molecule has 2 aromatic heterocycles. The summed E-state index contributed by atoms with van der Waals surface area (Å²) in [5, 5.41) is 4.88. The molecule has 5 nitrogen and oxygen atoms in total. The molecule has 4 aromatic rings. The van der Waals surface area contributed by atoms with Crippen molar-refractivity contribution < 1.29 is 9.53 Å². The summed E-state index contributed by atoms with van der Waals surface area (Å²) in [6.45, 7) is 4.25. The van der Waals surface area contributed by atoms with Crippen LogP contribution in [-0.4, -0.2) is 21.9 Å². The number of benzene rings is 2. The molecule has 2 heterocycles. The highest BCUT2D eigenvalue weighted by Gasteiger charge is 2.08. The maximum atomic E-state index is 12.3. The highest BCUT2D eigenvalue weighted by Crippen LogP contribution is 2.24. The average molecular weight is 391 g/mol. The van der Waals surface area contributed by atoms with Gasteiger partial charge in [0.2, 0.25) is 0 Å². The van der Waals surface area contributed by atoms with Crippen molar-refractivity contribution in [2.75, 3.05) is 11.9 Å². The molecule has 1 amide bonds. The Morgan fingerprint density at radius 1 is 1.21 bits per heavy atom. The minimum Gasteiger partial charge on any atom is -0.484 e. The Bertz CT molecular complexity index is 1070. The van der Waals surface area contributed by atoms with E-state index in [9.17, 15) is 4.79 Å². The molecule has 0 saturated carbocycles. The Morgan fingerprint density at radius 3 is 2.79 bits per heavy atom. The smallest absolute Gasteiger partial charge is 0.262 e. The number of hydrogen-bond donors (Lipinski definition) is 1. The number of ether oxygens (including phenoxy) is 1. The van der Waals surface area contributed by atoms with Crippen LogP contribution >= 0.6 is 11.3 Å². The highest BCUT2D eigenvalue weighted by atomic mass is 32.1. The van der Waals surface area contributed by atoms with Crippen molar-refractivity contribution in [3.8, 4) is 17.0 Å². The van der Waals surface area contributed by atoms with E-state index in [0.29, 0.717) is 11.7 Å². The Hall–Kier alpha value is -3.12. The summed E-state index contributed by atoms with van der Waals surface area (Å²) in [6, 6.07) is 15.5. The minimum atomic E-state index is -0.198. The summed E-state index contributed by atoms with van der Waals surface area (Å²) < 4.78 is 7.58. The first kappa shape index (κ1) is 18.3. The van der Waals surface area contributed by atoms with Gasteiger partial charge in [-0.05, 0) is 35.7 Å². The molecule has 0 aliphatic carbocycles. The van der Waals surface area contributed by atoms with E-state index in [-0.39, 0.29) is 12.5 Å². The predicted octanol–water partition coefficient (Wildman–Crippen LogP) is 5.20. The maximum absolute atomic E-state index is 12.3. The second kappa shape index (κ2) is 7.86. The quantitative estimate of drug-likeness (QED) is 0.491. The summed E-state index contributed by atoms with van der Waals surface area (Å²) >= 11 is 1.59. The standard InChI is InChI=1S/C22H21N3O2S/c1-15(2)16-6-8-19(9-7-16)27-14-21(26)23-18-5-3-4-17(12-18)20-13-25-10-11-28-22(25)24-20/h3-13,15H,14H2,1-2H3,(H,23,26). The van der Waals surface area contributed by atoms with Crippen LogP contribution in [0.2, 0.25) is 0 Å². The summed E-state index contributed by atoms with van der Waals surface area (Å²) in [7, 11) is 0. The molecule has 2 aromatic carbocycles. The lowest BCUT2D eigenvalue weighted by Gasteiger charge is -2.10. The van der Waals surface area contributed by atoms with Crippen LogP contribution in [-0.2, 0) is 4.79 Å². The molecule has 0 saturated heterocycles. The van der Waals surface area contributed by atoms with Crippen molar-refractivity contribution in [3.05, 3.63) is 71.9 Å². The topological polar surface area (TPSA) is 55.6 Å². The largest absolute Gasteiger partial charge is 0.484 e. The molecule has 0 aliphatic rings. The van der Waals surface area contributed by atoms with Gasteiger partial charge in [0.05, 0.1) is 5.69 Å². The molecule has 0 aliphatic heterocycles. The van der Waals surface area contributed by atoms with Crippen LogP contribution in [0.25, 0.3) is 16.2 Å². The predicted molar refractivity (Wildman–Crippen MR) is 113 cm³/mol. The first-order valence-electron chi connectivity index (χ1n) is 9.14. The van der Waals surface area contributed by atoms with Crippen LogP contribution in [0, 0.1) is 0 Å². The van der Waals surface area contributed by atoms with Crippen LogP contribution in [0.3, 0.4) is 0 Å². The van der Waals surface area contributed by atoms with Crippen LogP contribution in [0.1, 0.15) is 25.3 Å². The highest BCUT2D eigenvalue weighted by molar-refractivity contribution is 7.15. The van der Waals surface area contributed by atoms with Crippen LogP contribution in [0.5, 0.6) is 5.75 Å². The molecular weight excluding hydrogens is 370 g/mol. The molecule has 1 N–H and O–H groups in total. The summed E-state index contributed by atoms with van der Waals surface area (Å²) in [6.07, 6.45) is 3.96. The van der Waals surface area contributed by atoms with Gasteiger partial charge in [-0.1, -0.05) is 38.1 Å². The molecule has 0 spiro atoms. The number of anilines is 1. The maximum Gasteiger partial charge on any atom is 0.262 e. The van der Waals surface area contributed by atoms with Gasteiger partial charge in [0.1, 0.15) is 5.75 Å². The van der Waals surface area contributed by atoms with Gasteiger partial charge in [0.25, 0.3) is 5.91 Å². The number of hydrogen-bond acceptors (Lipinski definition) is 4. The van der Waals surface area contributed by atoms with Crippen molar-refractivity contribution >= 4 is 27.9 Å². The first-order valence-corrected chi connectivity index (χ1v) is 10.0. The molecule has 0 unspecified atom stereocenters. The lowest BCUT2D eigenvalue weighted by Crippen LogP contribution is -2.20. The molecule has 6 heteroatoms. The SMILES string of the molecule is CC(C)c1ccc(OCC(=O)Nc2cccc(-c3cn4ccsc4n3)c2)cc1. The summed E-state index contributed by atoms with van der Waals surface area (Å²) in [5.41, 5.74) is 3.80. The zero-order valence-corrected chi connectivity index (χ0v) is 16.6. The number of thiazole rings is 1. The molecule has 0 atom stereocenters. The fraction of sp³-hybridized carbons (Fsp3) is 0.182. The molecule has 28 heavy (non-hydrogen) atoms. The van der Waals surface area contributed by atoms with E-state index >= 15 is 0 Å². The number of nitrogens with one attached hydrogen (secondary N) is 1. The number of aromatic nitrogens is 2. The van der Waals surface area contributed by atoms with E-state index in [1.54, 1.807) is 11.3 Å². The number of imidazole rings is 1. The lowest BCUT2D eigenvalue weighted by molar-refractivity contribution is -0.118. The van der Waals surface area contributed by atoms with E-state index in [1.165, 1.54) is 5.56 Å². The normalized spacial score (nSPS) is 11.1. The van der Waals surface area contributed by atoms with E-state index < -0.39 is 0 Å². The number of fused-ring (bicyclic) bond motifs is 1. The fourth-order valence-electron chi connectivity index (χ4n) is 2.92. The van der Waals surface area contributed by atoms with E-state index in [4.69, 9.17) is 4.74 Å². The molecule has 0 radical (unpaired) electrons. The van der Waals surface area contributed by atoms with Gasteiger partial charge in [-0.25, -0.2) is 4.98 Å². The van der Waals surface area contributed by atoms with Crippen molar-refractivity contribution in [1.29, 1.82) is 0 Å². The first-order chi connectivity index (χ1) is 13.6. The fourth-order valence-corrected chi connectivity index (χ4v) is 3.62. The number of carbonyl (C=O) groups is 1. The Kier molecular flexibility index (Phi) is 5.12. The number of amides is 1. The summed E-state index contributed by atoms with van der Waals surface area (Å²) in [5.74, 6) is 0.956. The molecule has 0 fully saturated rings. The van der Waals surface area contributed by atoms with Crippen LogP contribution in [0.4, 0.5) is 5.69 Å². The molecular formula is C22H21N3O2S. The van der Waals surface area contributed by atoms with Crippen LogP contribution < -0.4 is 10.1 Å². The number of carbonyl (C=O) groups excluding carboxylic acids is 1. The van der Waals surface area contributed by atoms with Gasteiger partial charge in [-0.2, -0.15) is 0 Å². The van der Waals surface area contributed by atoms with Gasteiger partial charge in [0, 0.05) is 29.0 Å². The van der Waals surface area contributed by atoms with Crippen molar-refractivity contribution in [3.63, 3.8) is 0 Å². The third-order valence-corrected chi connectivity index (χ3v) is 5.22. The molecule has 142 valence electrons. The zero-order chi connectivity index (χ0) is 19.5. The van der Waals surface area contributed by atoms with Crippen molar-refractivity contribution in [2.45, 2.75) is 19.8 Å². The number of nitrogens with zero attached hydrogens (tertiary/aromatic N) is 2. The van der Waals surface area contributed by atoms with Crippen molar-refractivity contribution in [2.24, 2.45) is 0 Å². The van der Waals surface area contributed by atoms with Gasteiger partial charge < -0.3 is 10.1 Å². The number of rotatable bonds is 6. The monoisotopic (exact) mass is 391 g/mol. The lowest BCUT2D eigenvalue weighted by atomic mass is 10.0. The van der Waals surface area contributed by atoms with Crippen molar-refractivity contribution in [1.82, 2.24) is 9.38 Å². The second-order valence-corrected chi connectivity index (χ2v) is 7.73. The molecule has 4 rings (SSSR count). The average Bonchev–Trinajstić information content (AvgIpc) is 3.29. The van der Waals surface area contributed by atoms with E-state index in [1.807, 2.05) is 70.7 Å². The summed E-state index contributed by atoms with van der Waals surface area (Å²) in [4.78, 5) is 17.8. The zero-order valence-electron chi connectivity index (χ0n) is 15.8. The van der Waals surface area contributed by atoms with Gasteiger partial charge in [-0.3, -0.25) is 9.20 Å². The van der Waals surface area contributed by atoms with Gasteiger partial charge in [-0.15, -0.1) is 11.3 Å². The Morgan fingerprint density at radius 2 is 2.04 bits per heavy atom. The third kappa shape index (κ3) is 4.07. The van der Waals surface area contributed by atoms with Gasteiger partial charge in [0.15, 0.2) is 11.6 Å². The van der Waals surface area contributed by atoms with E-state index in [2.05, 4.69) is 24.1 Å².